The molecule has 0 aromatic carbocycles. The molecule has 1 rings (SSSR count). The van der Waals surface area contributed by atoms with E-state index in [4.69, 9.17) is 5.21 Å². The van der Waals surface area contributed by atoms with E-state index in [1.54, 1.807) is 0 Å². The van der Waals surface area contributed by atoms with Gasteiger partial charge in [0.15, 0.2) is 0 Å². The van der Waals surface area contributed by atoms with E-state index in [9.17, 15) is 13.6 Å². The molecule has 10 heteroatoms. The first-order valence-electron chi connectivity index (χ1n) is 4.74. The molecular formula is C6H14N4O5S. The Kier molecular flexibility index (Phi) is 4.71. The SMILES string of the molecule is O=S(=O)(CCO/N=[N+](\[O-])N1CCCC1)NO. The number of rotatable bonds is 6. The Hall–Kier alpha value is -1.13. The van der Waals surface area contributed by atoms with Gasteiger partial charge in [-0.2, -0.15) is 0 Å². The first-order chi connectivity index (χ1) is 7.55. The lowest BCUT2D eigenvalue weighted by atomic mass is 10.4. The maximum absolute atomic E-state index is 11.2. The van der Waals surface area contributed by atoms with Gasteiger partial charge in [0.1, 0.15) is 12.4 Å². The van der Waals surface area contributed by atoms with Gasteiger partial charge in [-0.1, -0.05) is 4.89 Å². The molecule has 16 heavy (non-hydrogen) atoms. The number of nitrogens with one attached hydrogen (secondary N) is 1. The normalized spacial score (nSPS) is 17.8. The van der Waals surface area contributed by atoms with E-state index < -0.39 is 15.8 Å². The van der Waals surface area contributed by atoms with Crippen LogP contribution < -0.4 is 4.89 Å². The van der Waals surface area contributed by atoms with Gasteiger partial charge in [0.25, 0.3) is 0 Å². The third-order valence-electron chi connectivity index (χ3n) is 2.03. The molecule has 1 fully saturated rings. The van der Waals surface area contributed by atoms with Crippen LogP contribution in [0.25, 0.3) is 0 Å². The molecule has 0 atom stereocenters. The van der Waals surface area contributed by atoms with Crippen molar-refractivity contribution in [3.8, 4) is 0 Å². The lowest BCUT2D eigenvalue weighted by molar-refractivity contribution is -0.707. The summed E-state index contributed by atoms with van der Waals surface area (Å²) in [5.74, 6) is -0.471. The van der Waals surface area contributed by atoms with Crippen LogP contribution in [-0.4, -0.2) is 49.1 Å². The summed E-state index contributed by atoms with van der Waals surface area (Å²) < 4.78 is 21.4. The minimum atomic E-state index is -3.75. The van der Waals surface area contributed by atoms with E-state index in [2.05, 4.69) is 10.1 Å². The van der Waals surface area contributed by atoms with Crippen LogP contribution in [0, 0.1) is 5.21 Å². The molecule has 1 aliphatic rings. The molecule has 9 nitrogen and oxygen atoms in total. The number of sulfonamides is 1. The summed E-state index contributed by atoms with van der Waals surface area (Å²) in [4.78, 5) is 5.96. The van der Waals surface area contributed by atoms with Crippen molar-refractivity contribution in [2.75, 3.05) is 25.4 Å². The van der Waals surface area contributed by atoms with Crippen molar-refractivity contribution in [2.45, 2.75) is 12.8 Å². The van der Waals surface area contributed by atoms with Gasteiger partial charge >= 0.3 is 0 Å². The highest BCUT2D eigenvalue weighted by atomic mass is 32.2. The Morgan fingerprint density at radius 1 is 1.50 bits per heavy atom. The molecule has 0 aromatic heterocycles. The van der Waals surface area contributed by atoms with Crippen LogP contribution in [0.1, 0.15) is 12.8 Å². The van der Waals surface area contributed by atoms with E-state index in [-0.39, 0.29) is 6.61 Å². The standard InChI is InChI=1S/C6H14N4O5S/c11-8-16(13,14)6-5-15-7-10(12)9-3-1-2-4-9/h8,11H,1-6H2/b10-7-. The van der Waals surface area contributed by atoms with Gasteiger partial charge in [0, 0.05) is 0 Å². The molecule has 94 valence electrons. The average molecular weight is 254 g/mol. The average Bonchev–Trinajstić information content (AvgIpc) is 2.77. The highest BCUT2D eigenvalue weighted by Crippen LogP contribution is 2.07. The van der Waals surface area contributed by atoms with Crippen molar-refractivity contribution in [2.24, 2.45) is 5.28 Å². The second kappa shape index (κ2) is 5.82. The van der Waals surface area contributed by atoms with Crippen LogP contribution in [0.5, 0.6) is 0 Å². The van der Waals surface area contributed by atoms with Crippen LogP contribution in [-0.2, 0) is 14.9 Å². The number of hydrazine groups is 1. The molecule has 1 aliphatic heterocycles. The molecular weight excluding hydrogens is 240 g/mol. The molecule has 0 amide bonds. The molecule has 0 bridgehead atoms. The van der Waals surface area contributed by atoms with Crippen molar-refractivity contribution in [3.63, 3.8) is 0 Å². The quantitative estimate of drug-likeness (QED) is 0.277. The lowest BCUT2D eigenvalue weighted by Crippen LogP contribution is -2.28. The second-order valence-corrected chi connectivity index (χ2v) is 5.06. The van der Waals surface area contributed by atoms with Gasteiger partial charge < -0.3 is 15.3 Å². The zero-order valence-electron chi connectivity index (χ0n) is 8.57. The first kappa shape index (κ1) is 12.9. The minimum Gasteiger partial charge on any atom is -0.569 e. The third-order valence-corrected chi connectivity index (χ3v) is 3.02. The van der Waals surface area contributed by atoms with Crippen LogP contribution in [0.15, 0.2) is 5.28 Å². The lowest BCUT2D eigenvalue weighted by Gasteiger charge is -2.09. The molecule has 1 heterocycles. The largest absolute Gasteiger partial charge is 0.569 e. The Morgan fingerprint density at radius 2 is 2.12 bits per heavy atom. The van der Waals surface area contributed by atoms with E-state index >= 15 is 0 Å². The summed E-state index contributed by atoms with van der Waals surface area (Å²) >= 11 is 0. The summed E-state index contributed by atoms with van der Waals surface area (Å²) in [7, 11) is -3.75. The Labute approximate surface area is 92.8 Å². The predicted molar refractivity (Wildman–Crippen MR) is 51.5 cm³/mol. The summed E-state index contributed by atoms with van der Waals surface area (Å²) in [6.45, 7) is 0.933. The predicted octanol–water partition coefficient (Wildman–Crippen LogP) is -0.800. The zero-order valence-corrected chi connectivity index (χ0v) is 9.39. The van der Waals surface area contributed by atoms with Crippen molar-refractivity contribution >= 4 is 10.0 Å². The molecule has 0 spiro atoms. The van der Waals surface area contributed by atoms with Gasteiger partial charge in [-0.25, -0.2) is 8.42 Å². The summed E-state index contributed by atoms with van der Waals surface area (Å²) in [5, 5.41) is 24.0. The van der Waals surface area contributed by atoms with Crippen molar-refractivity contribution in [3.05, 3.63) is 5.21 Å². The summed E-state index contributed by atoms with van der Waals surface area (Å²) in [6.07, 6.45) is 1.86. The number of nitrogens with zero attached hydrogens (tertiary/aromatic N) is 3. The van der Waals surface area contributed by atoms with Gasteiger partial charge in [0.05, 0.1) is 18.1 Å². The van der Waals surface area contributed by atoms with Crippen molar-refractivity contribution in [1.29, 1.82) is 0 Å². The maximum Gasteiger partial charge on any atom is 0.236 e. The monoisotopic (exact) mass is 254 g/mol. The molecule has 0 saturated carbocycles. The highest BCUT2D eigenvalue weighted by Gasteiger charge is 2.18. The molecule has 0 radical (unpaired) electrons. The maximum atomic E-state index is 11.2. The van der Waals surface area contributed by atoms with Crippen LogP contribution in [0.2, 0.25) is 0 Å². The zero-order chi connectivity index (χ0) is 12.0. The Morgan fingerprint density at radius 3 is 2.69 bits per heavy atom. The number of hydrogen-bond acceptors (Lipinski definition) is 6. The van der Waals surface area contributed by atoms with Crippen LogP contribution >= 0.6 is 0 Å². The summed E-state index contributed by atoms with van der Waals surface area (Å²) in [5.41, 5.74) is 0. The van der Waals surface area contributed by atoms with Gasteiger partial charge in [-0.15, -0.1) is 5.01 Å². The van der Waals surface area contributed by atoms with Gasteiger partial charge in [-0.05, 0) is 12.8 Å². The van der Waals surface area contributed by atoms with E-state index in [1.165, 1.54) is 5.01 Å². The topological polar surface area (TPSA) is 117 Å². The highest BCUT2D eigenvalue weighted by molar-refractivity contribution is 7.89. The molecule has 0 aromatic rings. The van der Waals surface area contributed by atoms with E-state index in [1.807, 2.05) is 0 Å². The van der Waals surface area contributed by atoms with Crippen molar-refractivity contribution < 1.29 is 23.4 Å². The fraction of sp³-hybridized carbons (Fsp3) is 1.00. The smallest absolute Gasteiger partial charge is 0.236 e. The fourth-order valence-electron chi connectivity index (χ4n) is 1.21. The molecule has 0 aliphatic carbocycles. The first-order valence-corrected chi connectivity index (χ1v) is 6.39. The third kappa shape index (κ3) is 4.16. The second-order valence-electron chi connectivity index (χ2n) is 3.24. The number of hydrogen-bond donors (Lipinski definition) is 2. The van der Waals surface area contributed by atoms with Gasteiger partial charge in [0.2, 0.25) is 15.3 Å². The summed E-state index contributed by atoms with van der Waals surface area (Å²) in [6, 6.07) is 0. The van der Waals surface area contributed by atoms with Crippen LogP contribution in [0.3, 0.4) is 0 Å². The van der Waals surface area contributed by atoms with Gasteiger partial charge in [-0.3, -0.25) is 0 Å². The van der Waals surface area contributed by atoms with E-state index in [0.717, 1.165) is 17.7 Å². The minimum absolute atomic E-state index is 0.303. The Bertz CT molecular complexity index is 337. The van der Waals surface area contributed by atoms with Crippen LogP contribution in [0.4, 0.5) is 0 Å². The Balaban J connectivity index is 2.25. The van der Waals surface area contributed by atoms with Crippen molar-refractivity contribution in [1.82, 2.24) is 9.89 Å². The molecule has 2 N–H and O–H groups in total. The molecule has 1 saturated heterocycles. The molecule has 0 unspecified atom stereocenters. The fourth-order valence-corrected chi connectivity index (χ4v) is 1.59. The van der Waals surface area contributed by atoms with E-state index in [0.29, 0.717) is 18.1 Å².